The van der Waals surface area contributed by atoms with Crippen molar-refractivity contribution in [2.24, 2.45) is 5.73 Å². The van der Waals surface area contributed by atoms with Crippen LogP contribution < -0.4 is 11.5 Å². The average molecular weight is 288 g/mol. The lowest BCUT2D eigenvalue weighted by Gasteiger charge is -2.04. The number of anilines is 1. The first-order valence-corrected chi connectivity index (χ1v) is 6.01. The maximum atomic E-state index is 10.7. The third-order valence-corrected chi connectivity index (χ3v) is 2.96. The van der Waals surface area contributed by atoms with Crippen LogP contribution in [0.2, 0.25) is 0 Å². The molecule has 0 bridgehead atoms. The van der Waals surface area contributed by atoms with Gasteiger partial charge in [0.1, 0.15) is 25.0 Å². The molecule has 0 unspecified atom stereocenters. The van der Waals surface area contributed by atoms with Crippen molar-refractivity contribution in [2.45, 2.75) is 12.5 Å². The van der Waals surface area contributed by atoms with Crippen LogP contribution in [0.5, 0.6) is 0 Å². The second kappa shape index (κ2) is 4.83. The number of carboxylic acid groups (broad SMARTS) is 1. The molecule has 10 heteroatoms. The lowest BCUT2D eigenvalue weighted by atomic mass is 10.2. The van der Waals surface area contributed by atoms with Gasteiger partial charge in [-0.25, -0.2) is 29.3 Å². The summed E-state index contributed by atoms with van der Waals surface area (Å²) in [5.41, 5.74) is 12.8. The molecule has 0 amide bonds. The molecule has 0 aromatic carbocycles. The van der Waals surface area contributed by atoms with Crippen LogP contribution in [-0.2, 0) is 11.2 Å². The van der Waals surface area contributed by atoms with E-state index in [1.54, 1.807) is 15.5 Å². The highest BCUT2D eigenvalue weighted by atomic mass is 16.4. The minimum absolute atomic E-state index is 0.131. The first-order chi connectivity index (χ1) is 10.1. The number of aromatic nitrogens is 6. The van der Waals surface area contributed by atoms with Crippen molar-refractivity contribution >= 4 is 23.0 Å². The molecular weight excluding hydrogens is 276 g/mol. The van der Waals surface area contributed by atoms with Crippen molar-refractivity contribution < 1.29 is 9.90 Å². The van der Waals surface area contributed by atoms with E-state index >= 15 is 0 Å². The van der Waals surface area contributed by atoms with E-state index in [0.717, 1.165) is 0 Å². The molecule has 0 aliphatic carbocycles. The van der Waals surface area contributed by atoms with Gasteiger partial charge in [-0.05, 0) is 0 Å². The van der Waals surface area contributed by atoms with Crippen molar-refractivity contribution in [3.8, 4) is 0 Å². The van der Waals surface area contributed by atoms with E-state index in [9.17, 15) is 4.79 Å². The van der Waals surface area contributed by atoms with E-state index in [2.05, 4.69) is 19.9 Å². The fourth-order valence-electron chi connectivity index (χ4n) is 1.90. The van der Waals surface area contributed by atoms with Crippen LogP contribution in [0.4, 0.5) is 5.82 Å². The van der Waals surface area contributed by atoms with Crippen LogP contribution in [0.15, 0.2) is 25.2 Å². The minimum Gasteiger partial charge on any atom is -0.480 e. The second-order valence-corrected chi connectivity index (χ2v) is 4.41. The van der Waals surface area contributed by atoms with E-state index < -0.39 is 12.0 Å². The van der Waals surface area contributed by atoms with Gasteiger partial charge in [-0.2, -0.15) is 0 Å². The standard InChI is InChI=1S/C11H12N8O2/c12-7(11(20)21)1-6-2-18(4-16-6)19-5-17-8-9(13)14-3-15-10(8)19/h2-5,7H,1,12H2,(H,20,21)(H2,13,14,15)/t7-/m0/s1. The van der Waals surface area contributed by atoms with E-state index in [-0.39, 0.29) is 12.2 Å². The third kappa shape index (κ3) is 2.27. The SMILES string of the molecule is Nc1ncnc2c1ncn2-n1cnc(C[C@H](N)C(=O)O)c1. The molecule has 3 aromatic rings. The number of nitrogen functional groups attached to an aromatic ring is 1. The number of aliphatic carboxylic acids is 1. The highest BCUT2D eigenvalue weighted by molar-refractivity contribution is 5.81. The first-order valence-electron chi connectivity index (χ1n) is 6.01. The molecule has 0 saturated carbocycles. The van der Waals surface area contributed by atoms with Crippen LogP contribution >= 0.6 is 0 Å². The van der Waals surface area contributed by atoms with Crippen molar-refractivity contribution in [3.05, 3.63) is 30.9 Å². The second-order valence-electron chi connectivity index (χ2n) is 4.41. The zero-order valence-corrected chi connectivity index (χ0v) is 10.8. The highest BCUT2D eigenvalue weighted by Crippen LogP contribution is 2.14. The molecule has 0 fully saturated rings. The number of nitrogens with zero attached hydrogens (tertiary/aromatic N) is 6. The van der Waals surface area contributed by atoms with Crippen molar-refractivity contribution in [3.63, 3.8) is 0 Å². The van der Waals surface area contributed by atoms with Crippen LogP contribution in [0.3, 0.4) is 0 Å². The Morgan fingerprint density at radius 2 is 2.10 bits per heavy atom. The summed E-state index contributed by atoms with van der Waals surface area (Å²) in [4.78, 5) is 27.0. The maximum absolute atomic E-state index is 10.7. The summed E-state index contributed by atoms with van der Waals surface area (Å²) < 4.78 is 3.24. The van der Waals surface area contributed by atoms with Gasteiger partial charge in [0.15, 0.2) is 17.0 Å². The monoisotopic (exact) mass is 288 g/mol. The Morgan fingerprint density at radius 1 is 1.29 bits per heavy atom. The lowest BCUT2D eigenvalue weighted by molar-refractivity contribution is -0.138. The molecule has 5 N–H and O–H groups in total. The molecule has 0 saturated heterocycles. The van der Waals surface area contributed by atoms with Crippen molar-refractivity contribution in [1.82, 2.24) is 29.3 Å². The minimum atomic E-state index is -1.07. The highest BCUT2D eigenvalue weighted by Gasteiger charge is 2.15. The fourth-order valence-corrected chi connectivity index (χ4v) is 1.90. The number of rotatable bonds is 4. The summed E-state index contributed by atoms with van der Waals surface area (Å²) >= 11 is 0. The zero-order chi connectivity index (χ0) is 15.0. The predicted molar refractivity (Wildman–Crippen MR) is 72.1 cm³/mol. The molecule has 0 spiro atoms. The van der Waals surface area contributed by atoms with E-state index in [1.165, 1.54) is 19.0 Å². The molecule has 10 nitrogen and oxygen atoms in total. The molecule has 108 valence electrons. The van der Waals surface area contributed by atoms with E-state index in [1.807, 2.05) is 0 Å². The summed E-state index contributed by atoms with van der Waals surface area (Å²) in [7, 11) is 0. The Hall–Kier alpha value is -3.01. The molecule has 1 atom stereocenters. The molecule has 0 aliphatic rings. The zero-order valence-electron chi connectivity index (χ0n) is 10.8. The molecule has 0 aliphatic heterocycles. The van der Waals surface area contributed by atoms with Gasteiger partial charge >= 0.3 is 5.97 Å². The molecule has 3 aromatic heterocycles. The number of carbonyl (C=O) groups is 1. The Morgan fingerprint density at radius 3 is 2.86 bits per heavy atom. The Kier molecular flexibility index (Phi) is 2.99. The van der Waals surface area contributed by atoms with E-state index in [0.29, 0.717) is 16.9 Å². The first kappa shape index (κ1) is 13.0. The van der Waals surface area contributed by atoms with Gasteiger partial charge in [-0.3, -0.25) is 4.79 Å². The summed E-state index contributed by atoms with van der Waals surface area (Å²) in [6, 6.07) is -0.995. The van der Waals surface area contributed by atoms with Crippen LogP contribution in [0.1, 0.15) is 5.69 Å². The van der Waals surface area contributed by atoms with Gasteiger partial charge in [-0.15, -0.1) is 0 Å². The van der Waals surface area contributed by atoms with Crippen LogP contribution in [0.25, 0.3) is 11.2 Å². The average Bonchev–Trinajstić information content (AvgIpc) is 3.05. The van der Waals surface area contributed by atoms with Crippen LogP contribution in [0, 0.1) is 0 Å². The number of carboxylic acids is 1. The quantitative estimate of drug-likeness (QED) is 0.545. The summed E-state index contributed by atoms with van der Waals surface area (Å²) in [5, 5.41) is 8.80. The fraction of sp³-hybridized carbons (Fsp3) is 0.182. The Bertz CT molecular complexity index is 808. The predicted octanol–water partition coefficient (Wildman–Crippen LogP) is -1.13. The van der Waals surface area contributed by atoms with Crippen molar-refractivity contribution in [1.29, 1.82) is 0 Å². The number of hydrogen-bond acceptors (Lipinski definition) is 7. The normalized spacial score (nSPS) is 12.6. The molecular formula is C11H12N8O2. The summed E-state index contributed by atoms with van der Waals surface area (Å²) in [6.07, 6.45) is 6.17. The number of hydrogen-bond donors (Lipinski definition) is 3. The number of imidazole rings is 2. The molecule has 3 rings (SSSR count). The Balaban J connectivity index is 1.95. The topological polar surface area (TPSA) is 151 Å². The van der Waals surface area contributed by atoms with Crippen molar-refractivity contribution in [2.75, 3.05) is 5.73 Å². The summed E-state index contributed by atoms with van der Waals surface area (Å²) in [5.74, 6) is -0.787. The van der Waals surface area contributed by atoms with Gasteiger partial charge in [0.05, 0.1) is 11.9 Å². The molecule has 0 radical (unpaired) electrons. The molecule has 3 heterocycles. The third-order valence-electron chi connectivity index (χ3n) is 2.96. The van der Waals surface area contributed by atoms with Gasteiger partial charge in [-0.1, -0.05) is 0 Å². The van der Waals surface area contributed by atoms with Gasteiger partial charge < -0.3 is 16.6 Å². The van der Waals surface area contributed by atoms with Gasteiger partial charge in [0.25, 0.3) is 0 Å². The smallest absolute Gasteiger partial charge is 0.320 e. The molecule has 21 heavy (non-hydrogen) atoms. The van der Waals surface area contributed by atoms with Gasteiger partial charge in [0.2, 0.25) is 0 Å². The number of fused-ring (bicyclic) bond motifs is 1. The van der Waals surface area contributed by atoms with E-state index in [4.69, 9.17) is 16.6 Å². The summed E-state index contributed by atoms with van der Waals surface area (Å²) in [6.45, 7) is 0. The van der Waals surface area contributed by atoms with Crippen LogP contribution in [-0.4, -0.2) is 46.4 Å². The Labute approximate surface area is 118 Å². The lowest BCUT2D eigenvalue weighted by Crippen LogP contribution is -2.32. The van der Waals surface area contributed by atoms with Gasteiger partial charge in [0, 0.05) is 6.42 Å². The maximum Gasteiger partial charge on any atom is 0.320 e. The largest absolute Gasteiger partial charge is 0.480 e. The number of nitrogens with two attached hydrogens (primary N) is 2.